The Morgan fingerprint density at radius 1 is 1.03 bits per heavy atom. The second kappa shape index (κ2) is 9.42. The number of ether oxygens (including phenoxy) is 1. The van der Waals surface area contributed by atoms with Crippen LogP contribution in [0.3, 0.4) is 0 Å². The molecule has 37 heavy (non-hydrogen) atoms. The van der Waals surface area contributed by atoms with Gasteiger partial charge in [-0.15, -0.1) is 0 Å². The summed E-state index contributed by atoms with van der Waals surface area (Å²) in [6, 6.07) is 12.3. The van der Waals surface area contributed by atoms with E-state index in [1.165, 1.54) is 31.5 Å². The van der Waals surface area contributed by atoms with Crippen molar-refractivity contribution in [1.29, 1.82) is 0 Å². The fourth-order valence-corrected chi connectivity index (χ4v) is 5.66. The molecule has 0 spiro atoms. The van der Waals surface area contributed by atoms with E-state index in [0.29, 0.717) is 6.61 Å². The molecule has 0 amide bonds. The van der Waals surface area contributed by atoms with Gasteiger partial charge in [0.15, 0.2) is 0 Å². The first-order chi connectivity index (χ1) is 18.3. The molecule has 1 fully saturated rings. The minimum absolute atomic E-state index is 0.658. The Balaban J connectivity index is 1.20. The fourth-order valence-electron chi connectivity index (χ4n) is 5.01. The summed E-state index contributed by atoms with van der Waals surface area (Å²) in [5.41, 5.74) is 8.19. The molecule has 8 nitrogen and oxygen atoms in total. The van der Waals surface area contributed by atoms with Crippen LogP contribution >= 0.6 is 11.3 Å². The molecular weight excluding hydrogens is 482 g/mol. The first-order valence-corrected chi connectivity index (χ1v) is 13.4. The summed E-state index contributed by atoms with van der Waals surface area (Å²) in [7, 11) is 0. The third-order valence-electron chi connectivity index (χ3n) is 6.91. The molecule has 0 saturated carbocycles. The first kappa shape index (κ1) is 22.1. The van der Waals surface area contributed by atoms with Gasteiger partial charge in [-0.1, -0.05) is 0 Å². The molecule has 7 heterocycles. The maximum absolute atomic E-state index is 6.01. The number of nitrogens with zero attached hydrogens (tertiary/aromatic N) is 5. The second-order valence-electron chi connectivity index (χ2n) is 9.29. The van der Waals surface area contributed by atoms with Crippen LogP contribution in [-0.4, -0.2) is 61.3 Å². The van der Waals surface area contributed by atoms with Gasteiger partial charge in [0, 0.05) is 29.9 Å². The number of pyridine rings is 3. The van der Waals surface area contributed by atoms with Crippen molar-refractivity contribution >= 4 is 33.4 Å². The summed E-state index contributed by atoms with van der Waals surface area (Å²) in [6.07, 6.45) is 7.98. The highest BCUT2D eigenvalue weighted by molar-refractivity contribution is 7.08. The lowest BCUT2D eigenvalue weighted by Gasteiger charge is -2.15. The van der Waals surface area contributed by atoms with Crippen molar-refractivity contribution in [2.75, 3.05) is 26.2 Å². The van der Waals surface area contributed by atoms with Crippen molar-refractivity contribution in [3.05, 3.63) is 65.7 Å². The molecule has 1 saturated heterocycles. The fraction of sp³-hybridized carbons (Fsp3) is 0.214. The molecule has 6 aromatic rings. The van der Waals surface area contributed by atoms with Gasteiger partial charge in [0.05, 0.1) is 23.1 Å². The topological polar surface area (TPSA) is 95.6 Å². The summed E-state index contributed by atoms with van der Waals surface area (Å²) in [4.78, 5) is 19.8. The van der Waals surface area contributed by atoms with Crippen LogP contribution < -0.4 is 4.74 Å². The Hall–Kier alpha value is -4.08. The predicted molar refractivity (Wildman–Crippen MR) is 147 cm³/mol. The molecule has 6 aromatic heterocycles. The summed E-state index contributed by atoms with van der Waals surface area (Å²) in [6.45, 7) is 3.94. The van der Waals surface area contributed by atoms with Gasteiger partial charge in [0.25, 0.3) is 0 Å². The van der Waals surface area contributed by atoms with Crippen LogP contribution in [0.4, 0.5) is 0 Å². The molecule has 1 aliphatic heterocycles. The van der Waals surface area contributed by atoms with Crippen LogP contribution in [0.15, 0.2) is 65.7 Å². The van der Waals surface area contributed by atoms with Crippen molar-refractivity contribution in [3.63, 3.8) is 0 Å². The normalized spacial score (nSPS) is 14.2. The SMILES string of the molecule is c1cc(-c2ccsc2)c2cc(-c3n[nH]c4ccc(-c5cncc(OCCN6CCCC6)c5)nc34)[nH]c2n1. The molecule has 0 bridgehead atoms. The molecule has 0 aromatic carbocycles. The third-order valence-corrected chi connectivity index (χ3v) is 7.59. The van der Waals surface area contributed by atoms with E-state index >= 15 is 0 Å². The maximum Gasteiger partial charge on any atom is 0.138 e. The quantitative estimate of drug-likeness (QED) is 0.285. The van der Waals surface area contributed by atoms with Crippen LogP contribution in [0.1, 0.15) is 12.8 Å². The van der Waals surface area contributed by atoms with E-state index in [9.17, 15) is 0 Å². The zero-order valence-electron chi connectivity index (χ0n) is 20.1. The average Bonchev–Trinajstić information content (AvgIpc) is 3.74. The molecule has 0 aliphatic carbocycles. The van der Waals surface area contributed by atoms with Crippen molar-refractivity contribution < 1.29 is 4.74 Å². The van der Waals surface area contributed by atoms with Gasteiger partial charge < -0.3 is 9.72 Å². The standard InChI is InChI=1S/C28H25N7OS/c1-2-9-35(8-1)10-11-36-20-13-19(15-29-16-20)23-3-4-24-26(31-23)27(34-33-24)25-14-22-21(18-6-12-37-17-18)5-7-30-28(22)32-25/h3-7,12-17H,1-2,8-11H2,(H,30,32)(H,33,34). The number of fused-ring (bicyclic) bond motifs is 2. The second-order valence-corrected chi connectivity index (χ2v) is 10.1. The minimum atomic E-state index is 0.658. The highest BCUT2D eigenvalue weighted by Gasteiger charge is 2.16. The zero-order valence-corrected chi connectivity index (χ0v) is 21.0. The molecule has 1 aliphatic rings. The van der Waals surface area contributed by atoms with Crippen molar-refractivity contribution in [2.45, 2.75) is 12.8 Å². The number of thiophene rings is 1. The molecule has 0 radical (unpaired) electrons. The summed E-state index contributed by atoms with van der Waals surface area (Å²) in [5, 5.41) is 13.0. The lowest BCUT2D eigenvalue weighted by molar-refractivity contribution is 0.237. The van der Waals surface area contributed by atoms with Crippen molar-refractivity contribution in [2.24, 2.45) is 0 Å². The number of aromatic amines is 2. The first-order valence-electron chi connectivity index (χ1n) is 12.5. The number of hydrogen-bond donors (Lipinski definition) is 2. The van der Waals surface area contributed by atoms with Crippen LogP contribution in [-0.2, 0) is 0 Å². The summed E-state index contributed by atoms with van der Waals surface area (Å²) >= 11 is 1.69. The molecule has 0 atom stereocenters. The smallest absolute Gasteiger partial charge is 0.138 e. The molecule has 2 N–H and O–H groups in total. The van der Waals surface area contributed by atoms with Crippen LogP contribution in [0.2, 0.25) is 0 Å². The number of hydrogen-bond acceptors (Lipinski definition) is 7. The number of likely N-dealkylation sites (tertiary alicyclic amines) is 1. The predicted octanol–water partition coefficient (Wildman–Crippen LogP) is 5.77. The lowest BCUT2D eigenvalue weighted by Crippen LogP contribution is -2.25. The Morgan fingerprint density at radius 3 is 2.86 bits per heavy atom. The van der Waals surface area contributed by atoms with Gasteiger partial charge in [-0.05, 0) is 84.2 Å². The molecule has 9 heteroatoms. The Bertz CT molecular complexity index is 1680. The van der Waals surface area contributed by atoms with E-state index in [1.807, 2.05) is 36.7 Å². The van der Waals surface area contributed by atoms with Gasteiger partial charge in [0.1, 0.15) is 29.2 Å². The molecular formula is C28H25N7OS. The minimum Gasteiger partial charge on any atom is -0.491 e. The number of H-pyrrole nitrogens is 2. The maximum atomic E-state index is 6.01. The highest BCUT2D eigenvalue weighted by Crippen LogP contribution is 2.34. The Morgan fingerprint density at radius 2 is 1.97 bits per heavy atom. The van der Waals surface area contributed by atoms with E-state index in [0.717, 1.165) is 62.6 Å². The van der Waals surface area contributed by atoms with E-state index in [2.05, 4.69) is 52.9 Å². The van der Waals surface area contributed by atoms with Crippen molar-refractivity contribution in [3.8, 4) is 39.5 Å². The van der Waals surface area contributed by atoms with Crippen LogP contribution in [0.25, 0.3) is 55.8 Å². The number of nitrogens with one attached hydrogen (secondary N) is 2. The monoisotopic (exact) mass is 507 g/mol. The Kier molecular flexibility index (Phi) is 5.64. The molecule has 184 valence electrons. The average molecular weight is 508 g/mol. The number of aromatic nitrogens is 6. The largest absolute Gasteiger partial charge is 0.491 e. The molecule has 7 rings (SSSR count). The van der Waals surface area contributed by atoms with Gasteiger partial charge in [-0.2, -0.15) is 16.4 Å². The molecule has 0 unspecified atom stereocenters. The van der Waals surface area contributed by atoms with E-state index in [-0.39, 0.29) is 0 Å². The van der Waals surface area contributed by atoms with Crippen LogP contribution in [0, 0.1) is 0 Å². The van der Waals surface area contributed by atoms with Gasteiger partial charge in [0.2, 0.25) is 0 Å². The van der Waals surface area contributed by atoms with Gasteiger partial charge in [-0.3, -0.25) is 15.0 Å². The third kappa shape index (κ3) is 4.26. The van der Waals surface area contributed by atoms with Crippen molar-refractivity contribution in [1.82, 2.24) is 35.0 Å². The van der Waals surface area contributed by atoms with Gasteiger partial charge in [-0.25, -0.2) is 9.97 Å². The highest BCUT2D eigenvalue weighted by atomic mass is 32.1. The van der Waals surface area contributed by atoms with Crippen LogP contribution in [0.5, 0.6) is 5.75 Å². The van der Waals surface area contributed by atoms with E-state index in [4.69, 9.17) is 9.72 Å². The van der Waals surface area contributed by atoms with E-state index < -0.39 is 0 Å². The van der Waals surface area contributed by atoms with E-state index in [1.54, 1.807) is 17.5 Å². The zero-order chi connectivity index (χ0) is 24.6. The number of rotatable bonds is 7. The summed E-state index contributed by atoms with van der Waals surface area (Å²) < 4.78 is 6.01. The van der Waals surface area contributed by atoms with Gasteiger partial charge >= 0.3 is 0 Å². The lowest BCUT2D eigenvalue weighted by atomic mass is 10.1. The summed E-state index contributed by atoms with van der Waals surface area (Å²) in [5.74, 6) is 0.758. The Labute approximate surface area is 217 Å².